The molecule has 1 aliphatic rings. The number of likely N-dealkylation sites (N-methyl/N-ethyl adjacent to an activating group) is 1. The second kappa shape index (κ2) is 9.62. The van der Waals surface area contributed by atoms with Gasteiger partial charge in [0.1, 0.15) is 12.4 Å². The number of benzene rings is 2. The third kappa shape index (κ3) is 5.15. The smallest absolute Gasteiger partial charge is 0.256 e. The first-order chi connectivity index (χ1) is 13.2. The van der Waals surface area contributed by atoms with Gasteiger partial charge in [-0.25, -0.2) is 0 Å². The molecule has 1 heterocycles. The largest absolute Gasteiger partial charge is 0.492 e. The van der Waals surface area contributed by atoms with Gasteiger partial charge in [0.25, 0.3) is 5.91 Å². The van der Waals surface area contributed by atoms with Crippen LogP contribution in [0.2, 0.25) is 5.02 Å². The average molecular weight is 389 g/mol. The van der Waals surface area contributed by atoms with Gasteiger partial charge < -0.3 is 19.3 Å². The summed E-state index contributed by atoms with van der Waals surface area (Å²) in [6.07, 6.45) is 0. The third-order valence-electron chi connectivity index (χ3n) is 4.60. The highest BCUT2D eigenvalue weighted by Gasteiger charge is 2.21. The molecule has 0 aromatic heterocycles. The van der Waals surface area contributed by atoms with Crippen molar-refractivity contribution in [3.8, 4) is 5.75 Å². The average Bonchev–Trinajstić information content (AvgIpc) is 2.73. The van der Waals surface area contributed by atoms with Gasteiger partial charge in [0, 0.05) is 30.3 Å². The Morgan fingerprint density at radius 1 is 1.15 bits per heavy atom. The molecule has 0 radical (unpaired) electrons. The Labute approximate surface area is 165 Å². The third-order valence-corrected chi connectivity index (χ3v) is 4.85. The first-order valence-corrected chi connectivity index (χ1v) is 9.66. The summed E-state index contributed by atoms with van der Waals surface area (Å²) in [7, 11) is 0. The Morgan fingerprint density at radius 2 is 1.85 bits per heavy atom. The molecule has 0 bridgehead atoms. The predicted octanol–water partition coefficient (Wildman–Crippen LogP) is 3.72. The fourth-order valence-corrected chi connectivity index (χ4v) is 3.24. The molecule has 0 saturated carbocycles. The van der Waals surface area contributed by atoms with E-state index < -0.39 is 0 Å². The van der Waals surface area contributed by atoms with E-state index in [1.165, 1.54) is 0 Å². The maximum atomic E-state index is 13.1. The summed E-state index contributed by atoms with van der Waals surface area (Å²) in [6, 6.07) is 15.0. The predicted molar refractivity (Wildman–Crippen MR) is 108 cm³/mol. The van der Waals surface area contributed by atoms with E-state index in [0.717, 1.165) is 30.1 Å². The maximum absolute atomic E-state index is 13.1. The first-order valence-electron chi connectivity index (χ1n) is 9.28. The molecule has 2 aromatic rings. The Hall–Kier alpha value is -2.24. The molecule has 1 saturated heterocycles. The van der Waals surface area contributed by atoms with E-state index >= 15 is 0 Å². The normalized spacial score (nSPS) is 14.1. The van der Waals surface area contributed by atoms with Gasteiger partial charge in [0.05, 0.1) is 25.3 Å². The zero-order valence-corrected chi connectivity index (χ0v) is 16.3. The molecular weight excluding hydrogens is 364 g/mol. The minimum absolute atomic E-state index is 0.0271. The lowest BCUT2D eigenvalue weighted by Gasteiger charge is -2.31. The van der Waals surface area contributed by atoms with Crippen molar-refractivity contribution in [2.75, 3.05) is 50.9 Å². The van der Waals surface area contributed by atoms with Crippen LogP contribution in [0.5, 0.6) is 5.75 Å². The number of para-hydroxylation sites is 1. The Kier molecular flexibility index (Phi) is 6.96. The lowest BCUT2D eigenvalue weighted by Crippen LogP contribution is -2.39. The molecule has 0 spiro atoms. The number of carbonyl (C=O) groups is 1. The molecule has 0 atom stereocenters. The number of hydrogen-bond donors (Lipinski definition) is 0. The van der Waals surface area contributed by atoms with Gasteiger partial charge in [-0.05, 0) is 43.3 Å². The van der Waals surface area contributed by atoms with Crippen LogP contribution in [0.15, 0.2) is 48.5 Å². The molecule has 1 aliphatic heterocycles. The van der Waals surface area contributed by atoms with Crippen LogP contribution in [0, 0.1) is 0 Å². The quantitative estimate of drug-likeness (QED) is 0.725. The molecule has 1 amide bonds. The zero-order valence-electron chi connectivity index (χ0n) is 15.6. The van der Waals surface area contributed by atoms with Crippen molar-refractivity contribution < 1.29 is 14.3 Å². The maximum Gasteiger partial charge on any atom is 0.256 e. The van der Waals surface area contributed by atoms with Crippen molar-refractivity contribution >= 4 is 23.2 Å². The summed E-state index contributed by atoms with van der Waals surface area (Å²) in [5, 5.41) is 0.674. The first kappa shape index (κ1) is 19.5. The minimum Gasteiger partial charge on any atom is -0.492 e. The molecule has 2 aromatic carbocycles. The van der Waals surface area contributed by atoms with E-state index in [1.807, 2.05) is 48.2 Å². The molecule has 6 heteroatoms. The Bertz CT molecular complexity index is 745. The summed E-state index contributed by atoms with van der Waals surface area (Å²) >= 11 is 5.89. The van der Waals surface area contributed by atoms with Crippen molar-refractivity contribution in [3.63, 3.8) is 0 Å². The van der Waals surface area contributed by atoms with E-state index in [4.69, 9.17) is 21.1 Å². The molecule has 0 aliphatic carbocycles. The van der Waals surface area contributed by atoms with Crippen LogP contribution in [-0.4, -0.2) is 56.8 Å². The Balaban J connectivity index is 1.65. The van der Waals surface area contributed by atoms with Crippen LogP contribution in [0.25, 0.3) is 0 Å². The number of amides is 1. The van der Waals surface area contributed by atoms with Crippen molar-refractivity contribution in [1.82, 2.24) is 4.90 Å². The van der Waals surface area contributed by atoms with Gasteiger partial charge in [-0.2, -0.15) is 0 Å². The molecule has 0 N–H and O–H groups in total. The Morgan fingerprint density at radius 3 is 2.56 bits per heavy atom. The highest BCUT2D eigenvalue weighted by atomic mass is 35.5. The van der Waals surface area contributed by atoms with Crippen LogP contribution in [-0.2, 0) is 4.74 Å². The molecule has 144 valence electrons. The molecule has 3 rings (SSSR count). The van der Waals surface area contributed by atoms with Gasteiger partial charge in [0.15, 0.2) is 0 Å². The molecule has 5 nitrogen and oxygen atoms in total. The van der Waals surface area contributed by atoms with E-state index in [9.17, 15) is 4.79 Å². The van der Waals surface area contributed by atoms with Crippen LogP contribution < -0.4 is 9.64 Å². The van der Waals surface area contributed by atoms with Crippen molar-refractivity contribution in [2.45, 2.75) is 6.92 Å². The van der Waals surface area contributed by atoms with Crippen LogP contribution >= 0.6 is 11.6 Å². The summed E-state index contributed by atoms with van der Waals surface area (Å²) in [5.74, 6) is 0.774. The second-order valence-corrected chi connectivity index (χ2v) is 6.74. The van der Waals surface area contributed by atoms with E-state index in [0.29, 0.717) is 37.9 Å². The SMILES string of the molecule is CCN(CCOc1ccc(Cl)cc1)C(=O)c1ccccc1N1CCOCC1. The lowest BCUT2D eigenvalue weighted by atomic mass is 10.1. The fourth-order valence-electron chi connectivity index (χ4n) is 3.11. The molecule has 27 heavy (non-hydrogen) atoms. The van der Waals surface area contributed by atoms with Gasteiger partial charge in [-0.1, -0.05) is 23.7 Å². The van der Waals surface area contributed by atoms with Gasteiger partial charge in [-0.15, -0.1) is 0 Å². The molecule has 0 unspecified atom stereocenters. The summed E-state index contributed by atoms with van der Waals surface area (Å²) in [6.45, 7) is 6.55. The minimum atomic E-state index is 0.0271. The van der Waals surface area contributed by atoms with E-state index in [2.05, 4.69) is 4.90 Å². The van der Waals surface area contributed by atoms with Gasteiger partial charge >= 0.3 is 0 Å². The summed E-state index contributed by atoms with van der Waals surface area (Å²) < 4.78 is 11.2. The topological polar surface area (TPSA) is 42.0 Å². The van der Waals surface area contributed by atoms with Crippen LogP contribution in [0.4, 0.5) is 5.69 Å². The van der Waals surface area contributed by atoms with E-state index in [-0.39, 0.29) is 5.91 Å². The van der Waals surface area contributed by atoms with Crippen LogP contribution in [0.3, 0.4) is 0 Å². The highest BCUT2D eigenvalue weighted by molar-refractivity contribution is 6.30. The number of hydrogen-bond acceptors (Lipinski definition) is 4. The molecule has 1 fully saturated rings. The number of ether oxygens (including phenoxy) is 2. The van der Waals surface area contributed by atoms with Gasteiger partial charge in [-0.3, -0.25) is 4.79 Å². The van der Waals surface area contributed by atoms with Crippen molar-refractivity contribution in [2.24, 2.45) is 0 Å². The van der Waals surface area contributed by atoms with Gasteiger partial charge in [0.2, 0.25) is 0 Å². The second-order valence-electron chi connectivity index (χ2n) is 6.30. The number of halogens is 1. The van der Waals surface area contributed by atoms with Crippen molar-refractivity contribution in [3.05, 3.63) is 59.1 Å². The standard InChI is InChI=1S/C21H25ClN2O3/c1-2-23(13-16-27-18-9-7-17(22)8-10-18)21(25)19-5-3-4-6-20(19)24-11-14-26-15-12-24/h3-10H,2,11-16H2,1H3. The summed E-state index contributed by atoms with van der Waals surface area (Å²) in [4.78, 5) is 17.2. The number of nitrogens with zero attached hydrogens (tertiary/aromatic N) is 2. The molecular formula is C21H25ClN2O3. The zero-order chi connectivity index (χ0) is 19.1. The number of rotatable bonds is 7. The van der Waals surface area contributed by atoms with Crippen molar-refractivity contribution in [1.29, 1.82) is 0 Å². The highest BCUT2D eigenvalue weighted by Crippen LogP contribution is 2.23. The number of morpholine rings is 1. The lowest BCUT2D eigenvalue weighted by molar-refractivity contribution is 0.0739. The monoisotopic (exact) mass is 388 g/mol. The summed E-state index contributed by atoms with van der Waals surface area (Å²) in [5.41, 5.74) is 1.70. The van der Waals surface area contributed by atoms with Crippen LogP contribution in [0.1, 0.15) is 17.3 Å². The fraction of sp³-hybridized carbons (Fsp3) is 0.381. The number of carbonyl (C=O) groups excluding carboxylic acids is 1. The van der Waals surface area contributed by atoms with E-state index in [1.54, 1.807) is 12.1 Å². The number of anilines is 1.